The van der Waals surface area contributed by atoms with Gasteiger partial charge in [-0.15, -0.1) is 0 Å². The maximum absolute atomic E-state index is 11.6. The fourth-order valence-corrected chi connectivity index (χ4v) is 3.18. The van der Waals surface area contributed by atoms with E-state index >= 15 is 0 Å². The summed E-state index contributed by atoms with van der Waals surface area (Å²) < 4.78 is 28.2. The predicted octanol–water partition coefficient (Wildman–Crippen LogP) is 0.883. The maximum Gasteiger partial charge on any atom is 0.276 e. The zero-order chi connectivity index (χ0) is 13.7. The molecule has 2 N–H and O–H groups in total. The van der Waals surface area contributed by atoms with Crippen LogP contribution in [0.2, 0.25) is 0 Å². The molecule has 0 aliphatic carbocycles. The summed E-state index contributed by atoms with van der Waals surface area (Å²) in [5, 5.41) is 0. The lowest BCUT2D eigenvalue weighted by molar-refractivity contribution is 0.565. The molecule has 106 valence electrons. The molecule has 1 aliphatic rings. The Morgan fingerprint density at radius 2 is 1.95 bits per heavy atom. The molecule has 0 fully saturated rings. The lowest BCUT2D eigenvalue weighted by Crippen LogP contribution is -2.41. The number of nitrogens with one attached hydrogen (secondary N) is 2. The van der Waals surface area contributed by atoms with Crippen molar-refractivity contribution in [2.75, 3.05) is 31.1 Å². The number of nitrogens with zero attached hydrogens (tertiary/aromatic N) is 1. The van der Waals surface area contributed by atoms with Gasteiger partial charge in [0.15, 0.2) is 0 Å². The second-order valence-electron chi connectivity index (χ2n) is 4.66. The summed E-state index contributed by atoms with van der Waals surface area (Å²) in [5.74, 6) is 0. The van der Waals surface area contributed by atoms with Gasteiger partial charge >= 0.3 is 0 Å². The van der Waals surface area contributed by atoms with Crippen molar-refractivity contribution in [3.8, 4) is 0 Å². The van der Waals surface area contributed by atoms with Gasteiger partial charge in [-0.25, -0.2) is 9.44 Å². The molecule has 0 amide bonds. The largest absolute Gasteiger partial charge is 0.370 e. The topological polar surface area (TPSA) is 61.4 Å². The second kappa shape index (κ2) is 6.36. The number of fused-ring (bicyclic) bond motifs is 1. The van der Waals surface area contributed by atoms with Crippen LogP contribution in [0, 0.1) is 0 Å². The normalized spacial score (nSPS) is 14.7. The minimum atomic E-state index is -3.34. The van der Waals surface area contributed by atoms with Crippen LogP contribution in [0.3, 0.4) is 0 Å². The molecule has 0 saturated heterocycles. The molecule has 1 heterocycles. The fourth-order valence-electron chi connectivity index (χ4n) is 2.24. The van der Waals surface area contributed by atoms with Gasteiger partial charge in [0.2, 0.25) is 0 Å². The van der Waals surface area contributed by atoms with Crippen molar-refractivity contribution in [3.63, 3.8) is 0 Å². The summed E-state index contributed by atoms with van der Waals surface area (Å²) in [4.78, 5) is 2.22. The average molecular weight is 283 g/mol. The zero-order valence-electron chi connectivity index (χ0n) is 11.2. The van der Waals surface area contributed by atoms with E-state index in [1.54, 1.807) is 0 Å². The third-order valence-electron chi connectivity index (χ3n) is 3.20. The van der Waals surface area contributed by atoms with Crippen molar-refractivity contribution in [1.29, 1.82) is 0 Å². The lowest BCUT2D eigenvalue weighted by atomic mass is 10.2. The summed E-state index contributed by atoms with van der Waals surface area (Å²) in [6.07, 6.45) is 1.83. The molecule has 5 nitrogen and oxygen atoms in total. The molecule has 1 aromatic carbocycles. The Kier molecular flexibility index (Phi) is 4.79. The highest BCUT2D eigenvalue weighted by Crippen LogP contribution is 2.26. The van der Waals surface area contributed by atoms with Gasteiger partial charge < -0.3 is 4.90 Å². The van der Waals surface area contributed by atoms with Crippen LogP contribution in [0.5, 0.6) is 0 Å². The zero-order valence-corrected chi connectivity index (χ0v) is 12.0. The van der Waals surface area contributed by atoms with E-state index in [1.807, 2.05) is 19.1 Å². The highest BCUT2D eigenvalue weighted by Gasteiger charge is 2.18. The Hall–Kier alpha value is -1.11. The molecule has 0 bridgehead atoms. The van der Waals surface area contributed by atoms with E-state index in [0.29, 0.717) is 19.6 Å². The molecule has 1 aliphatic heterocycles. The number of anilines is 1. The van der Waals surface area contributed by atoms with E-state index in [-0.39, 0.29) is 0 Å². The second-order valence-corrected chi connectivity index (χ2v) is 6.24. The number of hydrogen-bond acceptors (Lipinski definition) is 3. The first-order valence-electron chi connectivity index (χ1n) is 6.69. The quantitative estimate of drug-likeness (QED) is 0.781. The van der Waals surface area contributed by atoms with E-state index in [0.717, 1.165) is 19.4 Å². The van der Waals surface area contributed by atoms with Crippen LogP contribution in [0.4, 0.5) is 5.69 Å². The van der Waals surface area contributed by atoms with Crippen molar-refractivity contribution < 1.29 is 8.42 Å². The summed E-state index contributed by atoms with van der Waals surface area (Å²) in [6, 6.07) is 8.28. The van der Waals surface area contributed by atoms with Crippen LogP contribution < -0.4 is 14.3 Å². The number of hydrogen-bond donors (Lipinski definition) is 2. The minimum Gasteiger partial charge on any atom is -0.370 e. The van der Waals surface area contributed by atoms with Crippen molar-refractivity contribution >= 4 is 15.9 Å². The van der Waals surface area contributed by atoms with Crippen molar-refractivity contribution in [1.82, 2.24) is 9.44 Å². The van der Waals surface area contributed by atoms with Gasteiger partial charge in [-0.2, -0.15) is 8.42 Å². The Morgan fingerprint density at radius 3 is 2.74 bits per heavy atom. The number of para-hydroxylation sites is 1. The highest BCUT2D eigenvalue weighted by atomic mass is 32.2. The molecule has 0 unspecified atom stereocenters. The number of benzene rings is 1. The smallest absolute Gasteiger partial charge is 0.276 e. The van der Waals surface area contributed by atoms with Crippen molar-refractivity contribution in [2.24, 2.45) is 0 Å². The minimum absolute atomic E-state index is 0.424. The molecule has 1 aromatic rings. The van der Waals surface area contributed by atoms with E-state index in [4.69, 9.17) is 0 Å². The average Bonchev–Trinajstić information content (AvgIpc) is 2.80. The van der Waals surface area contributed by atoms with Crippen LogP contribution in [0.15, 0.2) is 24.3 Å². The van der Waals surface area contributed by atoms with Gasteiger partial charge in [-0.05, 0) is 24.5 Å². The van der Waals surface area contributed by atoms with Gasteiger partial charge in [0.05, 0.1) is 0 Å². The Labute approximate surface area is 115 Å². The lowest BCUT2D eigenvalue weighted by Gasteiger charge is -2.19. The third-order valence-corrected chi connectivity index (χ3v) is 4.37. The molecule has 19 heavy (non-hydrogen) atoms. The number of rotatable bonds is 7. The van der Waals surface area contributed by atoms with E-state index < -0.39 is 10.2 Å². The van der Waals surface area contributed by atoms with Gasteiger partial charge in [0.25, 0.3) is 10.2 Å². The molecule has 0 aromatic heterocycles. The van der Waals surface area contributed by atoms with Crippen LogP contribution in [0.1, 0.15) is 18.9 Å². The summed E-state index contributed by atoms with van der Waals surface area (Å²) in [5.41, 5.74) is 2.57. The summed E-state index contributed by atoms with van der Waals surface area (Å²) in [6.45, 7) is 4.49. The fraction of sp³-hybridized carbons (Fsp3) is 0.538. The molecule has 0 atom stereocenters. The van der Waals surface area contributed by atoms with Gasteiger partial charge in [-0.3, -0.25) is 0 Å². The first-order valence-corrected chi connectivity index (χ1v) is 8.18. The van der Waals surface area contributed by atoms with Gasteiger partial charge in [-0.1, -0.05) is 25.1 Å². The molecular weight excluding hydrogens is 262 g/mol. The van der Waals surface area contributed by atoms with Crippen LogP contribution in [0.25, 0.3) is 0 Å². The van der Waals surface area contributed by atoms with Crippen LogP contribution in [-0.2, 0) is 16.6 Å². The molecule has 2 rings (SSSR count). The molecule has 0 spiro atoms. The maximum atomic E-state index is 11.6. The Morgan fingerprint density at radius 1 is 1.21 bits per heavy atom. The van der Waals surface area contributed by atoms with Crippen molar-refractivity contribution in [3.05, 3.63) is 29.8 Å². The molecule has 6 heteroatoms. The monoisotopic (exact) mass is 283 g/mol. The van der Waals surface area contributed by atoms with E-state index in [1.165, 1.54) is 11.3 Å². The van der Waals surface area contributed by atoms with Crippen LogP contribution in [-0.4, -0.2) is 34.6 Å². The third kappa shape index (κ3) is 3.92. The van der Waals surface area contributed by atoms with E-state index in [9.17, 15) is 8.42 Å². The first-order chi connectivity index (χ1) is 9.12. The van der Waals surface area contributed by atoms with Gasteiger partial charge in [0, 0.05) is 31.9 Å². The molecule has 0 saturated carbocycles. The SMILES string of the molecule is CCCNS(=O)(=O)NCCN1CCc2ccccc21. The molecule has 0 radical (unpaired) electrons. The Balaban J connectivity index is 1.81. The highest BCUT2D eigenvalue weighted by molar-refractivity contribution is 7.87. The Bertz CT molecular complexity index is 516. The standard InChI is InChI=1S/C13H21N3O2S/c1-2-8-14-19(17,18)15-9-11-16-10-7-12-5-3-4-6-13(12)16/h3-6,14-15H,2,7-11H2,1H3. The predicted molar refractivity (Wildman–Crippen MR) is 77.6 cm³/mol. The summed E-state index contributed by atoms with van der Waals surface area (Å²) in [7, 11) is -3.34. The summed E-state index contributed by atoms with van der Waals surface area (Å²) >= 11 is 0. The molecular formula is C13H21N3O2S. The first kappa shape index (κ1) is 14.3. The van der Waals surface area contributed by atoms with Gasteiger partial charge in [0.1, 0.15) is 0 Å². The van der Waals surface area contributed by atoms with E-state index in [2.05, 4.69) is 26.5 Å². The van der Waals surface area contributed by atoms with Crippen LogP contribution >= 0.6 is 0 Å². The van der Waals surface area contributed by atoms with Crippen molar-refractivity contribution in [2.45, 2.75) is 19.8 Å².